The van der Waals surface area contributed by atoms with E-state index in [-0.39, 0.29) is 0 Å². The molecule has 5 rings (SSSR count). The normalized spacial score (nSPS) is 12.3. The second-order valence-corrected chi connectivity index (χ2v) is 8.54. The van der Waals surface area contributed by atoms with Crippen LogP contribution in [0, 0.1) is 6.92 Å². The SMILES string of the molecule is COC(=O)N(C)c1ccc(CN2N=C(c3ccc(Cl)cc3)c3ccccc3-n3c(C)nnc32)cc1. The van der Waals surface area contributed by atoms with E-state index >= 15 is 0 Å². The Balaban J connectivity index is 1.59. The van der Waals surface area contributed by atoms with E-state index in [2.05, 4.69) is 10.2 Å². The van der Waals surface area contributed by atoms with Crippen LogP contribution in [0.15, 0.2) is 77.9 Å². The number of hydrogen-bond donors (Lipinski definition) is 0. The molecule has 2 heterocycles. The van der Waals surface area contributed by atoms with Gasteiger partial charge in [0.15, 0.2) is 0 Å². The zero-order chi connectivity index (χ0) is 24.5. The number of halogens is 1. The van der Waals surface area contributed by atoms with Crippen LogP contribution in [0.5, 0.6) is 0 Å². The third kappa shape index (κ3) is 4.24. The summed E-state index contributed by atoms with van der Waals surface area (Å²) in [6.45, 7) is 2.38. The Kier molecular flexibility index (Phi) is 5.96. The smallest absolute Gasteiger partial charge is 0.413 e. The van der Waals surface area contributed by atoms with Gasteiger partial charge in [-0.1, -0.05) is 54.1 Å². The summed E-state index contributed by atoms with van der Waals surface area (Å²) < 4.78 is 6.82. The van der Waals surface area contributed by atoms with Gasteiger partial charge >= 0.3 is 6.09 Å². The highest BCUT2D eigenvalue weighted by Gasteiger charge is 2.26. The number of nitrogens with zero attached hydrogens (tertiary/aromatic N) is 6. The Hall–Kier alpha value is -4.17. The van der Waals surface area contributed by atoms with E-state index in [1.165, 1.54) is 12.0 Å². The number of ether oxygens (including phenoxy) is 1. The molecule has 0 N–H and O–H groups in total. The molecule has 35 heavy (non-hydrogen) atoms. The fraction of sp³-hybridized carbons (Fsp3) is 0.154. The second-order valence-electron chi connectivity index (χ2n) is 8.11. The molecule has 4 aromatic rings. The Morgan fingerprint density at radius 1 is 1.00 bits per heavy atom. The van der Waals surface area contributed by atoms with Gasteiger partial charge in [0.05, 0.1) is 19.3 Å². The van der Waals surface area contributed by atoms with E-state index in [0.717, 1.165) is 39.6 Å². The highest BCUT2D eigenvalue weighted by Crippen LogP contribution is 2.31. The number of methoxy groups -OCH3 is 1. The van der Waals surface area contributed by atoms with Crippen LogP contribution in [-0.2, 0) is 11.3 Å². The van der Waals surface area contributed by atoms with Gasteiger partial charge in [-0.2, -0.15) is 5.10 Å². The van der Waals surface area contributed by atoms with Gasteiger partial charge in [0.2, 0.25) is 0 Å². The summed E-state index contributed by atoms with van der Waals surface area (Å²) in [6.07, 6.45) is -0.427. The predicted octanol–water partition coefficient (Wildman–Crippen LogP) is 5.20. The molecule has 1 amide bonds. The average molecular weight is 487 g/mol. The third-order valence-electron chi connectivity index (χ3n) is 5.88. The molecule has 0 saturated heterocycles. The molecule has 9 heteroatoms. The lowest BCUT2D eigenvalue weighted by atomic mass is 10.0. The van der Waals surface area contributed by atoms with Gasteiger partial charge in [0, 0.05) is 28.9 Å². The molecule has 8 nitrogen and oxygen atoms in total. The summed E-state index contributed by atoms with van der Waals surface area (Å²) in [4.78, 5) is 13.3. The minimum absolute atomic E-state index is 0.427. The van der Waals surface area contributed by atoms with Crippen molar-refractivity contribution in [3.63, 3.8) is 0 Å². The van der Waals surface area contributed by atoms with Crippen LogP contribution in [0.3, 0.4) is 0 Å². The van der Waals surface area contributed by atoms with Crippen molar-refractivity contribution in [3.05, 3.63) is 100 Å². The van der Waals surface area contributed by atoms with E-state index in [1.807, 2.05) is 89.3 Å². The first-order chi connectivity index (χ1) is 17.0. The number of amides is 1. The minimum atomic E-state index is -0.427. The summed E-state index contributed by atoms with van der Waals surface area (Å²) in [5, 5.41) is 16.4. The van der Waals surface area contributed by atoms with Gasteiger partial charge < -0.3 is 4.74 Å². The number of fused-ring (bicyclic) bond motifs is 3. The molecule has 1 aliphatic heterocycles. The van der Waals surface area contributed by atoms with Crippen molar-refractivity contribution in [2.45, 2.75) is 13.5 Å². The largest absolute Gasteiger partial charge is 0.452 e. The first kappa shape index (κ1) is 22.6. The highest BCUT2D eigenvalue weighted by atomic mass is 35.5. The fourth-order valence-electron chi connectivity index (χ4n) is 4.06. The molecule has 176 valence electrons. The Morgan fingerprint density at radius 2 is 1.71 bits per heavy atom. The summed E-state index contributed by atoms with van der Waals surface area (Å²) in [6, 6.07) is 23.4. The molecule has 0 unspecified atom stereocenters. The first-order valence-corrected chi connectivity index (χ1v) is 11.4. The Labute approximate surface area is 208 Å². The number of aromatic nitrogens is 3. The average Bonchev–Trinajstić information content (AvgIpc) is 3.21. The topological polar surface area (TPSA) is 75.8 Å². The van der Waals surface area contributed by atoms with Gasteiger partial charge in [-0.3, -0.25) is 9.47 Å². The van der Waals surface area contributed by atoms with E-state index in [4.69, 9.17) is 21.4 Å². The molecule has 1 aliphatic rings. The minimum Gasteiger partial charge on any atom is -0.452 e. The lowest BCUT2D eigenvalue weighted by Gasteiger charge is -2.19. The maximum absolute atomic E-state index is 11.8. The summed E-state index contributed by atoms with van der Waals surface area (Å²) in [5.74, 6) is 1.38. The number of hydrogen-bond acceptors (Lipinski definition) is 6. The number of rotatable bonds is 4. The molecular formula is C26H23ClN6O2. The van der Waals surface area contributed by atoms with Gasteiger partial charge in [0.1, 0.15) is 11.5 Å². The van der Waals surface area contributed by atoms with Gasteiger partial charge in [-0.15, -0.1) is 10.2 Å². The molecule has 3 aromatic carbocycles. The number of anilines is 2. The van der Waals surface area contributed by atoms with Crippen LogP contribution in [-0.4, -0.2) is 40.7 Å². The molecule has 0 radical (unpaired) electrons. The number of hydrazone groups is 1. The highest BCUT2D eigenvalue weighted by molar-refractivity contribution is 6.30. The molecular weight excluding hydrogens is 464 g/mol. The summed E-state index contributed by atoms with van der Waals surface area (Å²) in [7, 11) is 3.03. The van der Waals surface area contributed by atoms with Crippen molar-refractivity contribution < 1.29 is 9.53 Å². The zero-order valence-electron chi connectivity index (χ0n) is 19.5. The predicted molar refractivity (Wildman–Crippen MR) is 137 cm³/mol. The van der Waals surface area contributed by atoms with Crippen molar-refractivity contribution in [1.29, 1.82) is 0 Å². The first-order valence-electron chi connectivity index (χ1n) is 11.0. The summed E-state index contributed by atoms with van der Waals surface area (Å²) >= 11 is 6.15. The van der Waals surface area contributed by atoms with E-state index in [0.29, 0.717) is 17.5 Å². The number of benzene rings is 3. The lowest BCUT2D eigenvalue weighted by Crippen LogP contribution is -2.25. The number of carbonyl (C=O) groups is 1. The van der Waals surface area contributed by atoms with E-state index < -0.39 is 6.09 Å². The number of aryl methyl sites for hydroxylation is 1. The Bertz CT molecular complexity index is 1410. The standard InChI is InChI=1S/C26H23ClN6O2/c1-17-28-29-25-32(16-18-8-14-21(15-9-18)31(2)26(34)35-3)30-24(19-10-12-20(27)13-11-19)22-6-4-5-7-23(22)33(17)25/h4-15H,16H2,1-3H3. The van der Waals surface area contributed by atoms with Crippen molar-refractivity contribution >= 4 is 35.0 Å². The molecule has 0 bridgehead atoms. The van der Waals surface area contributed by atoms with Gasteiger partial charge in [-0.25, -0.2) is 9.80 Å². The molecule has 1 aromatic heterocycles. The second kappa shape index (κ2) is 9.23. The van der Waals surface area contributed by atoms with Crippen molar-refractivity contribution in [1.82, 2.24) is 14.8 Å². The van der Waals surface area contributed by atoms with E-state index in [9.17, 15) is 4.79 Å². The zero-order valence-corrected chi connectivity index (χ0v) is 20.3. The van der Waals surface area contributed by atoms with Crippen LogP contribution in [0.4, 0.5) is 16.4 Å². The Morgan fingerprint density at radius 3 is 2.43 bits per heavy atom. The van der Waals surface area contributed by atoms with Crippen LogP contribution in [0.25, 0.3) is 5.69 Å². The van der Waals surface area contributed by atoms with Crippen molar-refractivity contribution in [2.75, 3.05) is 24.1 Å². The third-order valence-corrected chi connectivity index (χ3v) is 6.13. The van der Waals surface area contributed by atoms with Crippen LogP contribution in [0.1, 0.15) is 22.5 Å². The van der Waals surface area contributed by atoms with Crippen molar-refractivity contribution in [2.24, 2.45) is 5.10 Å². The van der Waals surface area contributed by atoms with Gasteiger partial charge in [-0.05, 0) is 42.8 Å². The number of carbonyl (C=O) groups excluding carboxylic acids is 1. The quantitative estimate of drug-likeness (QED) is 0.396. The van der Waals surface area contributed by atoms with Crippen LogP contribution >= 0.6 is 11.6 Å². The van der Waals surface area contributed by atoms with Gasteiger partial charge in [0.25, 0.3) is 5.95 Å². The fourth-order valence-corrected chi connectivity index (χ4v) is 4.18. The van der Waals surface area contributed by atoms with Crippen LogP contribution < -0.4 is 9.91 Å². The molecule has 0 saturated carbocycles. The van der Waals surface area contributed by atoms with Crippen molar-refractivity contribution in [3.8, 4) is 5.69 Å². The van der Waals surface area contributed by atoms with Crippen LogP contribution in [0.2, 0.25) is 5.02 Å². The van der Waals surface area contributed by atoms with E-state index in [1.54, 1.807) is 7.05 Å². The summed E-state index contributed by atoms with van der Waals surface area (Å²) in [5.41, 5.74) is 5.40. The lowest BCUT2D eigenvalue weighted by molar-refractivity contribution is 0.180. The maximum Gasteiger partial charge on any atom is 0.413 e. The number of para-hydroxylation sites is 1. The maximum atomic E-state index is 11.8. The molecule has 0 spiro atoms. The molecule has 0 fully saturated rings. The monoisotopic (exact) mass is 486 g/mol. The molecule has 0 atom stereocenters. The molecule has 0 aliphatic carbocycles.